The molecular weight excluding hydrogens is 446 g/mol. The van der Waals surface area contributed by atoms with Crippen LogP contribution in [0.4, 0.5) is 29.0 Å². The lowest BCUT2D eigenvalue weighted by molar-refractivity contribution is 0.298. The Morgan fingerprint density at radius 2 is 1.67 bits per heavy atom. The van der Waals surface area contributed by atoms with Crippen molar-refractivity contribution in [2.45, 2.75) is 59.7 Å². The van der Waals surface area contributed by atoms with Gasteiger partial charge in [0, 0.05) is 34.8 Å². The van der Waals surface area contributed by atoms with Crippen molar-refractivity contribution in [3.8, 4) is 0 Å². The number of anilines is 5. The molecule has 0 saturated carbocycles. The van der Waals surface area contributed by atoms with Crippen LogP contribution in [0, 0.1) is 0 Å². The molecule has 0 bridgehead atoms. The van der Waals surface area contributed by atoms with Crippen LogP contribution in [0.15, 0.2) is 28.7 Å². The van der Waals surface area contributed by atoms with Gasteiger partial charge in [0.2, 0.25) is 5.95 Å². The molecule has 0 saturated heterocycles. The first kappa shape index (κ1) is 22.6. The van der Waals surface area contributed by atoms with E-state index >= 15 is 0 Å². The Hall–Kier alpha value is -2.10. The van der Waals surface area contributed by atoms with Crippen LogP contribution in [0.2, 0.25) is 0 Å². The number of hydrogen-bond donors (Lipinski definition) is 3. The van der Waals surface area contributed by atoms with E-state index in [4.69, 9.17) is 9.97 Å². The number of aromatic nitrogens is 2. The lowest BCUT2D eigenvalue weighted by atomic mass is 10.2. The molecule has 1 aromatic heterocycles. The molecule has 0 fully saturated rings. The molecule has 164 valence electrons. The second-order valence-corrected chi connectivity index (χ2v) is 9.13. The van der Waals surface area contributed by atoms with Gasteiger partial charge >= 0.3 is 0 Å². The van der Waals surface area contributed by atoms with E-state index in [0.29, 0.717) is 12.5 Å². The number of benzene rings is 1. The summed E-state index contributed by atoms with van der Waals surface area (Å²) in [6, 6.07) is 8.56. The number of rotatable bonds is 8. The lowest BCUT2D eigenvalue weighted by Gasteiger charge is -2.28. The normalized spacial score (nSPS) is 13.6. The molecule has 1 aliphatic rings. The van der Waals surface area contributed by atoms with Crippen molar-refractivity contribution >= 4 is 44.9 Å². The number of fused-ring (bicyclic) bond motifs is 1. The highest BCUT2D eigenvalue weighted by molar-refractivity contribution is 9.10. The minimum atomic E-state index is 0.0400. The third-order valence-corrected chi connectivity index (χ3v) is 5.43. The Morgan fingerprint density at radius 3 is 2.20 bits per heavy atom. The van der Waals surface area contributed by atoms with Crippen molar-refractivity contribution in [3.05, 3.63) is 28.7 Å². The third kappa shape index (κ3) is 4.63. The van der Waals surface area contributed by atoms with Crippen molar-refractivity contribution in [3.63, 3.8) is 0 Å². The summed E-state index contributed by atoms with van der Waals surface area (Å²) in [6.07, 6.45) is 0. The van der Waals surface area contributed by atoms with Crippen molar-refractivity contribution in [1.82, 2.24) is 15.5 Å². The summed E-state index contributed by atoms with van der Waals surface area (Å²) >= 11 is 3.49. The second-order valence-electron chi connectivity index (χ2n) is 8.21. The topological polar surface area (TPSA) is 79.8 Å². The van der Waals surface area contributed by atoms with Gasteiger partial charge in [-0.2, -0.15) is 9.97 Å². The van der Waals surface area contributed by atoms with Gasteiger partial charge in [0.1, 0.15) is 5.69 Å². The van der Waals surface area contributed by atoms with E-state index in [-0.39, 0.29) is 24.7 Å². The summed E-state index contributed by atoms with van der Waals surface area (Å²) in [5, 5.41) is 17.2. The van der Waals surface area contributed by atoms with E-state index in [0.717, 1.165) is 27.5 Å². The molecule has 0 aliphatic carbocycles. The average Bonchev–Trinajstić information content (AvgIpc) is 3.08. The van der Waals surface area contributed by atoms with E-state index in [1.165, 1.54) is 0 Å². The molecule has 0 spiro atoms. The van der Waals surface area contributed by atoms with Crippen LogP contribution in [0.1, 0.15) is 41.5 Å². The van der Waals surface area contributed by atoms with Gasteiger partial charge in [0.25, 0.3) is 0 Å². The van der Waals surface area contributed by atoms with Gasteiger partial charge in [-0.25, -0.2) is 0 Å². The predicted molar refractivity (Wildman–Crippen MR) is 127 cm³/mol. The minimum absolute atomic E-state index is 0.0400. The Labute approximate surface area is 187 Å². The Balaban J connectivity index is 2.16. The zero-order valence-electron chi connectivity index (χ0n) is 18.5. The maximum atomic E-state index is 9.58. The van der Waals surface area contributed by atoms with Crippen LogP contribution in [0.3, 0.4) is 0 Å². The van der Waals surface area contributed by atoms with Gasteiger partial charge in [-0.05, 0) is 65.8 Å². The van der Waals surface area contributed by atoms with Gasteiger partial charge in [-0.15, -0.1) is 5.53 Å². The van der Waals surface area contributed by atoms with E-state index in [1.807, 2.05) is 29.2 Å². The summed E-state index contributed by atoms with van der Waals surface area (Å²) in [6.45, 7) is 13.2. The van der Waals surface area contributed by atoms with Crippen molar-refractivity contribution in [2.75, 3.05) is 33.4 Å². The maximum Gasteiger partial charge on any atom is 0.229 e. The van der Waals surface area contributed by atoms with E-state index in [9.17, 15) is 5.11 Å². The zero-order chi connectivity index (χ0) is 22.0. The first-order valence-corrected chi connectivity index (χ1v) is 11.2. The molecule has 2 aromatic rings. The standard InChI is InChI=1S/C21H32BrN7O/c1-13(2)27(11-12-30)21-24-19(23-17-9-7-16(22)8-10-17)18-20(25-21)29(15(5)6)26-28(18)14(3)4/h7-10,13-15,26,30H,11-12H2,1-6H3,(H,23,24,25). The predicted octanol–water partition coefficient (Wildman–Crippen LogP) is 4.05. The number of aliphatic hydroxyl groups is 1. The number of hydrogen-bond acceptors (Lipinski definition) is 8. The second kappa shape index (κ2) is 9.36. The number of hydrazine groups is 2. The zero-order valence-corrected chi connectivity index (χ0v) is 20.1. The van der Waals surface area contributed by atoms with Crippen molar-refractivity contribution in [1.29, 1.82) is 0 Å². The molecule has 30 heavy (non-hydrogen) atoms. The van der Waals surface area contributed by atoms with E-state index < -0.39 is 0 Å². The van der Waals surface area contributed by atoms with Crippen LogP contribution in [-0.2, 0) is 0 Å². The van der Waals surface area contributed by atoms with E-state index in [1.54, 1.807) is 0 Å². The molecule has 0 atom stereocenters. The fraction of sp³-hybridized carbons (Fsp3) is 0.524. The molecule has 3 rings (SSSR count). The first-order chi connectivity index (χ1) is 14.2. The fourth-order valence-corrected chi connectivity index (χ4v) is 3.62. The van der Waals surface area contributed by atoms with Crippen molar-refractivity contribution < 1.29 is 5.11 Å². The minimum Gasteiger partial charge on any atom is -0.395 e. The SMILES string of the molecule is CC(C)N(CCO)c1nc(Nc2ccc(Br)cc2)c2c(n1)N(C(C)C)NN2C(C)C. The monoisotopic (exact) mass is 477 g/mol. The number of halogens is 1. The van der Waals surface area contributed by atoms with Crippen LogP contribution in [0.5, 0.6) is 0 Å². The van der Waals surface area contributed by atoms with Crippen LogP contribution in [0.25, 0.3) is 0 Å². The summed E-state index contributed by atoms with van der Waals surface area (Å²) in [5.41, 5.74) is 5.32. The summed E-state index contributed by atoms with van der Waals surface area (Å²) < 4.78 is 1.02. The van der Waals surface area contributed by atoms with Crippen LogP contribution < -0.4 is 25.8 Å². The first-order valence-electron chi connectivity index (χ1n) is 10.4. The number of nitrogens with zero attached hydrogens (tertiary/aromatic N) is 5. The van der Waals surface area contributed by atoms with Gasteiger partial charge in [-0.1, -0.05) is 15.9 Å². The highest BCUT2D eigenvalue weighted by Crippen LogP contribution is 2.41. The van der Waals surface area contributed by atoms with Gasteiger partial charge in [0.15, 0.2) is 11.6 Å². The van der Waals surface area contributed by atoms with Gasteiger partial charge < -0.3 is 15.3 Å². The third-order valence-electron chi connectivity index (χ3n) is 4.90. The Bertz CT molecular complexity index is 857. The smallest absolute Gasteiger partial charge is 0.229 e. The Kier molecular flexibility index (Phi) is 7.05. The summed E-state index contributed by atoms with van der Waals surface area (Å²) in [4.78, 5) is 11.8. The number of nitrogens with one attached hydrogen (secondary N) is 2. The molecule has 0 radical (unpaired) electrons. The molecule has 8 nitrogen and oxygen atoms in total. The van der Waals surface area contributed by atoms with E-state index in [2.05, 4.69) is 78.3 Å². The fourth-order valence-electron chi connectivity index (χ4n) is 3.35. The molecule has 1 aromatic carbocycles. The number of aliphatic hydroxyl groups excluding tert-OH is 1. The molecule has 9 heteroatoms. The van der Waals surface area contributed by atoms with Gasteiger partial charge in [-0.3, -0.25) is 10.0 Å². The van der Waals surface area contributed by atoms with Crippen LogP contribution in [-0.4, -0.2) is 46.4 Å². The highest BCUT2D eigenvalue weighted by Gasteiger charge is 2.35. The van der Waals surface area contributed by atoms with Crippen molar-refractivity contribution in [2.24, 2.45) is 0 Å². The quantitative estimate of drug-likeness (QED) is 0.525. The molecule has 0 amide bonds. The molecule has 1 aliphatic heterocycles. The van der Waals surface area contributed by atoms with Gasteiger partial charge in [0.05, 0.1) is 6.61 Å². The summed E-state index contributed by atoms with van der Waals surface area (Å²) in [7, 11) is 0. The highest BCUT2D eigenvalue weighted by atomic mass is 79.9. The molecule has 0 unspecified atom stereocenters. The Morgan fingerprint density at radius 1 is 1.03 bits per heavy atom. The van der Waals surface area contributed by atoms with Crippen LogP contribution >= 0.6 is 15.9 Å². The largest absolute Gasteiger partial charge is 0.395 e. The maximum absolute atomic E-state index is 9.58. The molecule has 3 N–H and O–H groups in total. The molecular formula is C21H32BrN7O. The summed E-state index contributed by atoms with van der Waals surface area (Å²) in [5.74, 6) is 2.15. The lowest BCUT2D eigenvalue weighted by Crippen LogP contribution is -2.50. The molecule has 2 heterocycles. The average molecular weight is 478 g/mol.